The minimum Gasteiger partial charge on any atom is -0.465 e. The van der Waals surface area contributed by atoms with Crippen molar-refractivity contribution in [3.63, 3.8) is 0 Å². The van der Waals surface area contributed by atoms with Crippen LogP contribution in [-0.2, 0) is 19.1 Å². The first kappa shape index (κ1) is 21.6. The topological polar surface area (TPSA) is 111 Å². The highest BCUT2D eigenvalue weighted by molar-refractivity contribution is 8.14. The Kier molecular flexibility index (Phi) is 7.77. The molecule has 0 saturated carbocycles. The maximum absolute atomic E-state index is 12.5. The smallest absolute Gasteiger partial charge is 0.338 e. The van der Waals surface area contributed by atoms with Crippen LogP contribution >= 0.6 is 11.8 Å². The lowest BCUT2D eigenvalue weighted by Gasteiger charge is -2.13. The largest absolute Gasteiger partial charge is 0.465 e. The highest BCUT2D eigenvalue weighted by Crippen LogP contribution is 2.23. The summed E-state index contributed by atoms with van der Waals surface area (Å²) in [6.07, 6.45) is 1.92. The van der Waals surface area contributed by atoms with Gasteiger partial charge in [0.05, 0.1) is 24.3 Å². The Bertz CT molecular complexity index is 795. The molecule has 0 bridgehead atoms. The normalized spacial score (nSPS) is 18.2. The lowest BCUT2D eigenvalue weighted by molar-refractivity contribution is -0.117. The number of hydrogen-bond acceptors (Lipinski definition) is 8. The second-order valence-corrected chi connectivity index (χ2v) is 7.57. The fourth-order valence-electron chi connectivity index (χ4n) is 2.73. The Hall–Kier alpha value is -2.65. The summed E-state index contributed by atoms with van der Waals surface area (Å²) in [5.74, 6) is -1.62. The Balaban J connectivity index is 2.16. The molecule has 150 valence electrons. The summed E-state index contributed by atoms with van der Waals surface area (Å²) in [7, 11) is 1.22. The van der Waals surface area contributed by atoms with Crippen LogP contribution in [0.2, 0.25) is 0 Å². The monoisotopic (exact) mass is 406 g/mol. The van der Waals surface area contributed by atoms with E-state index in [-0.39, 0.29) is 39.7 Å². The van der Waals surface area contributed by atoms with E-state index in [9.17, 15) is 19.2 Å². The second-order valence-electron chi connectivity index (χ2n) is 6.09. The number of methoxy groups -OCH3 is 1. The van der Waals surface area contributed by atoms with Crippen molar-refractivity contribution in [3.05, 3.63) is 42.0 Å². The highest BCUT2D eigenvalue weighted by Gasteiger charge is 2.30. The van der Waals surface area contributed by atoms with Gasteiger partial charge in [0, 0.05) is 24.4 Å². The number of thioether (sulfide) groups is 1. The molecule has 0 aliphatic carbocycles. The number of carbonyl (C=O) groups is 4. The number of anilines is 1. The summed E-state index contributed by atoms with van der Waals surface area (Å²) in [6.45, 7) is 5.53. The quantitative estimate of drug-likeness (QED) is 0.521. The number of ether oxygens (including phenoxy) is 2. The molecule has 0 unspecified atom stereocenters. The van der Waals surface area contributed by atoms with Gasteiger partial charge in [-0.3, -0.25) is 9.59 Å². The van der Waals surface area contributed by atoms with Crippen LogP contribution in [-0.4, -0.2) is 54.5 Å². The predicted molar refractivity (Wildman–Crippen MR) is 105 cm³/mol. The van der Waals surface area contributed by atoms with Crippen LogP contribution in [0, 0.1) is 0 Å². The van der Waals surface area contributed by atoms with Gasteiger partial charge in [-0.1, -0.05) is 24.4 Å². The Morgan fingerprint density at radius 3 is 2.54 bits per heavy atom. The van der Waals surface area contributed by atoms with E-state index in [4.69, 9.17) is 9.47 Å². The van der Waals surface area contributed by atoms with Crippen molar-refractivity contribution in [3.8, 4) is 0 Å². The molecule has 28 heavy (non-hydrogen) atoms. The second kappa shape index (κ2) is 10.0. The van der Waals surface area contributed by atoms with Crippen molar-refractivity contribution in [2.24, 2.45) is 0 Å². The Labute approximate surface area is 167 Å². The van der Waals surface area contributed by atoms with Crippen molar-refractivity contribution in [1.29, 1.82) is 0 Å². The van der Waals surface area contributed by atoms with Gasteiger partial charge in [0.15, 0.2) is 5.12 Å². The molecule has 1 aliphatic heterocycles. The molecule has 1 amide bonds. The number of amides is 1. The molecule has 9 heteroatoms. The van der Waals surface area contributed by atoms with Crippen LogP contribution in [0.1, 0.15) is 34.1 Å². The third-order valence-corrected chi connectivity index (χ3v) is 4.95. The van der Waals surface area contributed by atoms with Gasteiger partial charge < -0.3 is 20.1 Å². The van der Waals surface area contributed by atoms with Crippen molar-refractivity contribution in [2.75, 3.05) is 25.6 Å². The molecular weight excluding hydrogens is 384 g/mol. The van der Waals surface area contributed by atoms with Crippen molar-refractivity contribution >= 4 is 40.4 Å². The first-order valence-electron chi connectivity index (χ1n) is 8.57. The summed E-state index contributed by atoms with van der Waals surface area (Å²) in [5.41, 5.74) is 0.475. The molecule has 0 spiro atoms. The van der Waals surface area contributed by atoms with E-state index in [0.717, 1.165) is 0 Å². The average molecular weight is 406 g/mol. The molecule has 2 atom stereocenters. The number of hydrogen-bond donors (Lipinski definition) is 2. The van der Waals surface area contributed by atoms with E-state index < -0.39 is 18.0 Å². The fraction of sp³-hybridized carbons (Fsp3) is 0.368. The molecule has 0 radical (unpaired) electrons. The van der Waals surface area contributed by atoms with Crippen molar-refractivity contribution in [1.82, 2.24) is 5.32 Å². The molecule has 2 N–H and O–H groups in total. The number of carbonyl (C=O) groups excluding carboxylic acids is 4. The fourth-order valence-corrected chi connectivity index (χ4v) is 3.67. The molecule has 1 heterocycles. The first-order chi connectivity index (χ1) is 13.3. The van der Waals surface area contributed by atoms with E-state index in [1.54, 1.807) is 0 Å². The molecule has 1 aliphatic rings. The Morgan fingerprint density at radius 1 is 1.25 bits per heavy atom. The number of nitrogens with one attached hydrogen (secondary N) is 2. The van der Waals surface area contributed by atoms with E-state index in [2.05, 4.69) is 17.2 Å². The lowest BCUT2D eigenvalue weighted by atomic mass is 10.1. The summed E-state index contributed by atoms with van der Waals surface area (Å²) in [6, 6.07) is 3.70. The first-order valence-corrected chi connectivity index (χ1v) is 9.45. The zero-order valence-corrected chi connectivity index (χ0v) is 16.5. The van der Waals surface area contributed by atoms with Crippen LogP contribution in [0.4, 0.5) is 5.69 Å². The van der Waals surface area contributed by atoms with E-state index in [1.807, 2.05) is 0 Å². The number of rotatable bonds is 7. The maximum Gasteiger partial charge on any atom is 0.338 e. The van der Waals surface area contributed by atoms with Crippen LogP contribution in [0.25, 0.3) is 0 Å². The van der Waals surface area contributed by atoms with Gasteiger partial charge in [0.25, 0.3) is 0 Å². The average Bonchev–Trinajstić information content (AvgIpc) is 3.13. The lowest BCUT2D eigenvalue weighted by Crippen LogP contribution is -2.35. The van der Waals surface area contributed by atoms with Gasteiger partial charge in [-0.2, -0.15) is 0 Å². The summed E-state index contributed by atoms with van der Waals surface area (Å²) in [4.78, 5) is 47.8. The van der Waals surface area contributed by atoms with Crippen LogP contribution < -0.4 is 10.6 Å². The van der Waals surface area contributed by atoms with E-state index >= 15 is 0 Å². The molecule has 1 aromatic rings. The van der Waals surface area contributed by atoms with Crippen LogP contribution in [0.5, 0.6) is 0 Å². The van der Waals surface area contributed by atoms with Gasteiger partial charge in [-0.05, 0) is 24.6 Å². The van der Waals surface area contributed by atoms with Gasteiger partial charge in [0.2, 0.25) is 5.91 Å². The maximum atomic E-state index is 12.5. The molecule has 0 aromatic heterocycles. The third-order valence-electron chi connectivity index (χ3n) is 3.93. The van der Waals surface area contributed by atoms with Crippen LogP contribution in [0.3, 0.4) is 0 Å². The molecule has 8 nitrogen and oxygen atoms in total. The predicted octanol–water partition coefficient (Wildman–Crippen LogP) is 1.76. The van der Waals surface area contributed by atoms with Gasteiger partial charge >= 0.3 is 11.9 Å². The Morgan fingerprint density at radius 2 is 1.93 bits per heavy atom. The van der Waals surface area contributed by atoms with Gasteiger partial charge in [-0.25, -0.2) is 9.59 Å². The van der Waals surface area contributed by atoms with Gasteiger partial charge in [0.1, 0.15) is 6.61 Å². The van der Waals surface area contributed by atoms with Crippen molar-refractivity contribution < 1.29 is 28.7 Å². The summed E-state index contributed by atoms with van der Waals surface area (Å²) >= 11 is 1.20. The molecule has 2 rings (SSSR count). The number of benzene rings is 1. The number of esters is 2. The SMILES string of the molecule is C=CCOC(=O)c1cc(NC(=O)[C@@H]2C[C@H](SC(C)=O)CN2)cc(C(=O)OC)c1. The van der Waals surface area contributed by atoms with Crippen molar-refractivity contribution in [2.45, 2.75) is 24.6 Å². The van der Waals surface area contributed by atoms with Gasteiger partial charge in [-0.15, -0.1) is 0 Å². The third kappa shape index (κ3) is 5.93. The molecular formula is C19H22N2O6S. The van der Waals surface area contributed by atoms with Crippen LogP contribution in [0.15, 0.2) is 30.9 Å². The van der Waals surface area contributed by atoms with E-state index in [0.29, 0.717) is 13.0 Å². The highest BCUT2D eigenvalue weighted by atomic mass is 32.2. The summed E-state index contributed by atoms with van der Waals surface area (Å²) < 4.78 is 9.68. The summed E-state index contributed by atoms with van der Waals surface area (Å²) in [5, 5.41) is 5.79. The zero-order valence-electron chi connectivity index (χ0n) is 15.7. The van der Waals surface area contributed by atoms with E-state index in [1.165, 1.54) is 50.1 Å². The minimum atomic E-state index is -0.655. The standard InChI is InChI=1S/C19H22N2O6S/c1-4-5-27-19(25)13-6-12(18(24)26-3)7-14(8-13)21-17(23)16-9-15(10-20-16)28-11(2)22/h4,6-8,15-16,20H,1,5,9-10H2,2-3H3,(H,21,23)/t15-,16-/m0/s1. The molecule has 1 fully saturated rings. The zero-order chi connectivity index (χ0) is 20.7. The molecule has 1 aromatic carbocycles. The molecule has 1 saturated heterocycles. The minimum absolute atomic E-state index is 0.00122.